The van der Waals surface area contributed by atoms with E-state index >= 15 is 0 Å². The number of rotatable bonds is 4. The largest absolute Gasteiger partial charge is 0.381 e. The van der Waals surface area contributed by atoms with Gasteiger partial charge in [0, 0.05) is 30.6 Å². The smallest absolute Gasteiger partial charge is 0.221 e. The van der Waals surface area contributed by atoms with Crippen molar-refractivity contribution in [1.82, 2.24) is 0 Å². The number of amides is 1. The van der Waals surface area contributed by atoms with Gasteiger partial charge in [-0.3, -0.25) is 4.79 Å². The van der Waals surface area contributed by atoms with E-state index in [0.29, 0.717) is 0 Å². The molecule has 0 heterocycles. The van der Waals surface area contributed by atoms with E-state index in [1.165, 1.54) is 13.2 Å². The van der Waals surface area contributed by atoms with Crippen LogP contribution in [0.2, 0.25) is 0 Å². The van der Waals surface area contributed by atoms with Gasteiger partial charge in [-0.2, -0.15) is 0 Å². The molecule has 0 bridgehead atoms. The molecule has 1 aromatic carbocycles. The van der Waals surface area contributed by atoms with Gasteiger partial charge in [-0.05, 0) is 43.5 Å². The van der Waals surface area contributed by atoms with Crippen LogP contribution in [0.3, 0.4) is 0 Å². The van der Waals surface area contributed by atoms with Crippen molar-refractivity contribution in [2.45, 2.75) is 37.5 Å². The number of anilines is 2. The van der Waals surface area contributed by atoms with Gasteiger partial charge in [0.2, 0.25) is 5.91 Å². The van der Waals surface area contributed by atoms with Crippen LogP contribution in [0.25, 0.3) is 0 Å². The summed E-state index contributed by atoms with van der Waals surface area (Å²) in [6.07, 6.45) is 3.82. The van der Waals surface area contributed by atoms with Crippen LogP contribution in [0.15, 0.2) is 24.3 Å². The Morgan fingerprint density at radius 3 is 2.30 bits per heavy atom. The molecule has 1 amide bonds. The SMILES string of the molecule is CC(=O)Nc1ccc(NC2CCCC2S(C)(=O)=O)cc1. The molecule has 2 unspecified atom stereocenters. The van der Waals surface area contributed by atoms with Gasteiger partial charge < -0.3 is 10.6 Å². The highest BCUT2D eigenvalue weighted by molar-refractivity contribution is 7.91. The fourth-order valence-electron chi connectivity index (χ4n) is 2.67. The summed E-state index contributed by atoms with van der Waals surface area (Å²) in [5.74, 6) is -0.112. The van der Waals surface area contributed by atoms with Crippen LogP contribution in [-0.4, -0.2) is 31.9 Å². The second kappa shape index (κ2) is 5.83. The molecule has 6 heteroatoms. The number of hydrogen-bond acceptors (Lipinski definition) is 4. The molecular weight excluding hydrogens is 276 g/mol. The first-order valence-electron chi connectivity index (χ1n) is 6.69. The molecule has 5 nitrogen and oxygen atoms in total. The van der Waals surface area contributed by atoms with E-state index in [0.717, 1.165) is 30.6 Å². The summed E-state index contributed by atoms with van der Waals surface area (Å²) < 4.78 is 23.4. The number of benzene rings is 1. The quantitative estimate of drug-likeness (QED) is 0.891. The molecule has 2 rings (SSSR count). The van der Waals surface area contributed by atoms with Crippen molar-refractivity contribution in [3.63, 3.8) is 0 Å². The molecule has 0 aromatic heterocycles. The van der Waals surface area contributed by atoms with Crippen LogP contribution in [-0.2, 0) is 14.6 Å². The van der Waals surface area contributed by atoms with E-state index in [-0.39, 0.29) is 17.2 Å². The minimum absolute atomic E-state index is 0.0309. The summed E-state index contributed by atoms with van der Waals surface area (Å²) in [5.41, 5.74) is 1.61. The highest BCUT2D eigenvalue weighted by Gasteiger charge is 2.34. The Kier molecular flexibility index (Phi) is 4.32. The summed E-state index contributed by atoms with van der Waals surface area (Å²) in [4.78, 5) is 10.9. The van der Waals surface area contributed by atoms with Crippen LogP contribution in [0.5, 0.6) is 0 Å². The van der Waals surface area contributed by atoms with Gasteiger partial charge in [0.1, 0.15) is 0 Å². The van der Waals surface area contributed by atoms with Crippen LogP contribution in [0.4, 0.5) is 11.4 Å². The van der Waals surface area contributed by atoms with Crippen molar-refractivity contribution in [2.24, 2.45) is 0 Å². The maximum atomic E-state index is 11.7. The first-order valence-corrected chi connectivity index (χ1v) is 8.65. The van der Waals surface area contributed by atoms with Crippen molar-refractivity contribution in [3.8, 4) is 0 Å². The van der Waals surface area contributed by atoms with Gasteiger partial charge >= 0.3 is 0 Å². The van der Waals surface area contributed by atoms with E-state index in [1.807, 2.05) is 12.1 Å². The summed E-state index contributed by atoms with van der Waals surface area (Å²) in [6, 6.07) is 7.27. The molecular formula is C14H20N2O3S. The van der Waals surface area contributed by atoms with E-state index in [1.54, 1.807) is 12.1 Å². The molecule has 1 aromatic rings. The Bertz CT molecular complexity index is 581. The van der Waals surface area contributed by atoms with E-state index in [4.69, 9.17) is 0 Å². The highest BCUT2D eigenvalue weighted by atomic mass is 32.2. The molecule has 0 spiro atoms. The number of carbonyl (C=O) groups is 1. The number of sulfone groups is 1. The third-order valence-electron chi connectivity index (χ3n) is 3.56. The molecule has 1 saturated carbocycles. The van der Waals surface area contributed by atoms with Crippen molar-refractivity contribution in [2.75, 3.05) is 16.9 Å². The highest BCUT2D eigenvalue weighted by Crippen LogP contribution is 2.28. The summed E-state index contributed by atoms with van der Waals surface area (Å²) in [5, 5.41) is 5.67. The Labute approximate surface area is 119 Å². The van der Waals surface area contributed by atoms with Gasteiger partial charge in [0.15, 0.2) is 9.84 Å². The molecule has 1 fully saturated rings. The molecule has 20 heavy (non-hydrogen) atoms. The Morgan fingerprint density at radius 1 is 1.15 bits per heavy atom. The third-order valence-corrected chi connectivity index (χ3v) is 5.22. The van der Waals surface area contributed by atoms with Crippen LogP contribution in [0.1, 0.15) is 26.2 Å². The lowest BCUT2D eigenvalue weighted by Gasteiger charge is -2.20. The molecule has 1 aliphatic rings. The summed E-state index contributed by atoms with van der Waals surface area (Å²) in [6.45, 7) is 1.46. The zero-order valence-electron chi connectivity index (χ0n) is 11.7. The lowest BCUT2D eigenvalue weighted by atomic mass is 10.2. The molecule has 1 aliphatic carbocycles. The fourth-order valence-corrected chi connectivity index (χ4v) is 4.07. The monoisotopic (exact) mass is 296 g/mol. The zero-order valence-corrected chi connectivity index (χ0v) is 12.5. The van der Waals surface area contributed by atoms with Crippen LogP contribution >= 0.6 is 0 Å². The minimum Gasteiger partial charge on any atom is -0.381 e. The third kappa shape index (κ3) is 3.72. The Balaban J connectivity index is 2.04. The maximum Gasteiger partial charge on any atom is 0.221 e. The van der Waals surface area contributed by atoms with E-state index < -0.39 is 9.84 Å². The second-order valence-electron chi connectivity index (χ2n) is 5.31. The van der Waals surface area contributed by atoms with Crippen molar-refractivity contribution in [3.05, 3.63) is 24.3 Å². The Hall–Kier alpha value is -1.56. The topological polar surface area (TPSA) is 75.3 Å². The lowest BCUT2D eigenvalue weighted by Crippen LogP contribution is -2.34. The van der Waals surface area contributed by atoms with Gasteiger partial charge in [-0.25, -0.2) is 8.42 Å². The van der Waals surface area contributed by atoms with Crippen molar-refractivity contribution < 1.29 is 13.2 Å². The fraction of sp³-hybridized carbons (Fsp3) is 0.500. The zero-order chi connectivity index (χ0) is 14.8. The number of hydrogen-bond donors (Lipinski definition) is 2. The lowest BCUT2D eigenvalue weighted by molar-refractivity contribution is -0.114. The minimum atomic E-state index is -3.02. The molecule has 0 radical (unpaired) electrons. The number of nitrogens with one attached hydrogen (secondary N) is 2. The van der Waals surface area contributed by atoms with Crippen molar-refractivity contribution >= 4 is 27.1 Å². The predicted molar refractivity (Wildman–Crippen MR) is 80.6 cm³/mol. The van der Waals surface area contributed by atoms with Crippen LogP contribution < -0.4 is 10.6 Å². The first kappa shape index (κ1) is 14.8. The second-order valence-corrected chi connectivity index (χ2v) is 7.57. The predicted octanol–water partition coefficient (Wildman–Crippen LogP) is 2.02. The van der Waals surface area contributed by atoms with E-state index in [9.17, 15) is 13.2 Å². The van der Waals surface area contributed by atoms with Gasteiger partial charge in [-0.15, -0.1) is 0 Å². The average Bonchev–Trinajstić information content (AvgIpc) is 2.79. The van der Waals surface area contributed by atoms with Crippen molar-refractivity contribution in [1.29, 1.82) is 0 Å². The molecule has 2 N–H and O–H groups in total. The summed E-state index contributed by atoms with van der Waals surface area (Å²) >= 11 is 0. The van der Waals surface area contributed by atoms with Gasteiger partial charge in [0.05, 0.1) is 5.25 Å². The first-order chi connectivity index (χ1) is 9.36. The average molecular weight is 296 g/mol. The maximum absolute atomic E-state index is 11.7. The number of carbonyl (C=O) groups excluding carboxylic acids is 1. The standard InChI is InChI=1S/C14H20N2O3S/c1-10(17)15-11-6-8-12(9-7-11)16-13-4-3-5-14(13)20(2,18)19/h6-9,13-14,16H,3-5H2,1-2H3,(H,15,17). The molecule has 0 aliphatic heterocycles. The van der Waals surface area contributed by atoms with Gasteiger partial charge in [0.25, 0.3) is 0 Å². The van der Waals surface area contributed by atoms with Crippen LogP contribution in [0, 0.1) is 0 Å². The molecule has 110 valence electrons. The molecule has 2 atom stereocenters. The summed E-state index contributed by atoms with van der Waals surface area (Å²) in [7, 11) is -3.02. The normalized spacial score (nSPS) is 22.5. The van der Waals surface area contributed by atoms with E-state index in [2.05, 4.69) is 10.6 Å². The van der Waals surface area contributed by atoms with Gasteiger partial charge in [-0.1, -0.05) is 0 Å². The molecule has 0 saturated heterocycles. The Morgan fingerprint density at radius 2 is 1.75 bits per heavy atom.